The fraction of sp³-hybridized carbons (Fsp3) is 0.900. The van der Waals surface area contributed by atoms with E-state index in [9.17, 15) is 9.59 Å². The molecular formula is C20H38O3. The molecule has 0 fully saturated rings. The van der Waals surface area contributed by atoms with Gasteiger partial charge >= 0.3 is 5.97 Å². The zero-order valence-electron chi connectivity index (χ0n) is 16.0. The van der Waals surface area contributed by atoms with Gasteiger partial charge < -0.3 is 4.74 Å². The maximum Gasteiger partial charge on any atom is 0.305 e. The van der Waals surface area contributed by atoms with Gasteiger partial charge in [0.2, 0.25) is 0 Å². The third-order valence-electron chi connectivity index (χ3n) is 4.20. The second kappa shape index (κ2) is 13.6. The lowest BCUT2D eigenvalue weighted by Gasteiger charge is -2.19. The molecule has 1 atom stereocenters. The summed E-state index contributed by atoms with van der Waals surface area (Å²) >= 11 is 0. The predicted molar refractivity (Wildman–Crippen MR) is 96.4 cm³/mol. The van der Waals surface area contributed by atoms with E-state index in [1.807, 2.05) is 13.8 Å². The lowest BCUT2D eigenvalue weighted by atomic mass is 9.92. The van der Waals surface area contributed by atoms with Gasteiger partial charge in [-0.05, 0) is 31.1 Å². The SMILES string of the molecule is CCCCCCC(COC(=O)CCCC(=O)C(C)C)CC(C)C. The maximum absolute atomic E-state index is 11.8. The Morgan fingerprint density at radius 1 is 0.913 bits per heavy atom. The van der Waals surface area contributed by atoms with Crippen LogP contribution in [-0.4, -0.2) is 18.4 Å². The van der Waals surface area contributed by atoms with Crippen LogP contribution in [0, 0.1) is 17.8 Å². The molecular weight excluding hydrogens is 288 g/mol. The van der Waals surface area contributed by atoms with Gasteiger partial charge in [0.05, 0.1) is 6.61 Å². The van der Waals surface area contributed by atoms with Crippen molar-refractivity contribution < 1.29 is 14.3 Å². The third kappa shape index (κ3) is 13.3. The van der Waals surface area contributed by atoms with Crippen LogP contribution in [0.25, 0.3) is 0 Å². The van der Waals surface area contributed by atoms with E-state index in [4.69, 9.17) is 4.74 Å². The summed E-state index contributed by atoms with van der Waals surface area (Å²) in [4.78, 5) is 23.4. The number of Topliss-reactive ketones (excluding diaryl/α,β-unsaturated/α-hetero) is 1. The first-order valence-corrected chi connectivity index (χ1v) is 9.55. The molecule has 136 valence electrons. The summed E-state index contributed by atoms with van der Waals surface area (Å²) in [6.07, 6.45) is 8.77. The molecule has 3 nitrogen and oxygen atoms in total. The molecule has 0 radical (unpaired) electrons. The second-order valence-electron chi connectivity index (χ2n) is 7.50. The highest BCUT2D eigenvalue weighted by Gasteiger charge is 2.14. The Labute approximate surface area is 143 Å². The van der Waals surface area contributed by atoms with Crippen LogP contribution in [0.5, 0.6) is 0 Å². The molecule has 0 bridgehead atoms. The average Bonchev–Trinajstić information content (AvgIpc) is 2.48. The third-order valence-corrected chi connectivity index (χ3v) is 4.20. The average molecular weight is 327 g/mol. The van der Waals surface area contributed by atoms with Gasteiger partial charge in [0.1, 0.15) is 5.78 Å². The number of hydrogen-bond acceptors (Lipinski definition) is 3. The van der Waals surface area contributed by atoms with Crippen molar-refractivity contribution in [2.24, 2.45) is 17.8 Å². The van der Waals surface area contributed by atoms with E-state index in [0.717, 1.165) is 12.8 Å². The van der Waals surface area contributed by atoms with Crippen LogP contribution in [0.3, 0.4) is 0 Å². The van der Waals surface area contributed by atoms with Crippen molar-refractivity contribution in [3.63, 3.8) is 0 Å². The molecule has 3 heteroatoms. The number of ketones is 1. The van der Waals surface area contributed by atoms with Crippen LogP contribution in [0.4, 0.5) is 0 Å². The molecule has 0 aromatic heterocycles. The standard InChI is InChI=1S/C20H38O3/c1-6-7-8-9-11-18(14-16(2)3)15-23-20(22)13-10-12-19(21)17(4)5/h16-18H,6-15H2,1-5H3. The smallest absolute Gasteiger partial charge is 0.305 e. The topological polar surface area (TPSA) is 43.4 Å². The van der Waals surface area contributed by atoms with Gasteiger partial charge in [0, 0.05) is 18.8 Å². The molecule has 1 unspecified atom stereocenters. The zero-order valence-corrected chi connectivity index (χ0v) is 16.0. The summed E-state index contributed by atoms with van der Waals surface area (Å²) in [5.41, 5.74) is 0. The first-order valence-electron chi connectivity index (χ1n) is 9.55. The van der Waals surface area contributed by atoms with Crippen LogP contribution < -0.4 is 0 Å². The first-order chi connectivity index (χ1) is 10.9. The molecule has 0 N–H and O–H groups in total. The highest BCUT2D eigenvalue weighted by molar-refractivity contribution is 5.80. The molecule has 0 aliphatic rings. The minimum atomic E-state index is -0.149. The van der Waals surface area contributed by atoms with Crippen molar-refractivity contribution in [1.82, 2.24) is 0 Å². The number of unbranched alkanes of at least 4 members (excludes halogenated alkanes) is 3. The Morgan fingerprint density at radius 2 is 1.61 bits per heavy atom. The molecule has 0 aliphatic carbocycles. The highest BCUT2D eigenvalue weighted by atomic mass is 16.5. The number of rotatable bonds is 14. The Bertz CT molecular complexity index is 321. The second-order valence-corrected chi connectivity index (χ2v) is 7.50. The highest BCUT2D eigenvalue weighted by Crippen LogP contribution is 2.20. The summed E-state index contributed by atoms with van der Waals surface area (Å²) in [6, 6.07) is 0. The van der Waals surface area contributed by atoms with E-state index >= 15 is 0 Å². The molecule has 0 aromatic carbocycles. The van der Waals surface area contributed by atoms with Crippen LogP contribution in [0.2, 0.25) is 0 Å². The van der Waals surface area contributed by atoms with E-state index in [-0.39, 0.29) is 17.7 Å². The van der Waals surface area contributed by atoms with Gasteiger partial charge in [-0.1, -0.05) is 60.3 Å². The minimum Gasteiger partial charge on any atom is -0.465 e. The van der Waals surface area contributed by atoms with Crippen LogP contribution in [0.15, 0.2) is 0 Å². The number of esters is 1. The summed E-state index contributed by atoms with van der Waals surface area (Å²) in [6.45, 7) is 11.0. The largest absolute Gasteiger partial charge is 0.465 e. The summed E-state index contributed by atoms with van der Waals surface area (Å²) in [5.74, 6) is 1.25. The van der Waals surface area contributed by atoms with Crippen molar-refractivity contribution in [3.8, 4) is 0 Å². The van der Waals surface area contributed by atoms with Gasteiger partial charge in [0.15, 0.2) is 0 Å². The molecule has 0 saturated carbocycles. The lowest BCUT2D eigenvalue weighted by Crippen LogP contribution is -2.16. The van der Waals surface area contributed by atoms with Gasteiger partial charge in [-0.2, -0.15) is 0 Å². The Balaban J connectivity index is 3.97. The van der Waals surface area contributed by atoms with Crippen LogP contribution in [0.1, 0.15) is 92.4 Å². The Kier molecular flexibility index (Phi) is 13.1. The maximum atomic E-state index is 11.8. The van der Waals surface area contributed by atoms with Crippen LogP contribution >= 0.6 is 0 Å². The predicted octanol–water partition coefficient (Wildman–Crippen LogP) is 5.56. The Morgan fingerprint density at radius 3 is 2.17 bits per heavy atom. The summed E-state index contributed by atoms with van der Waals surface area (Å²) in [5, 5.41) is 0. The number of hydrogen-bond donors (Lipinski definition) is 0. The van der Waals surface area contributed by atoms with Crippen molar-refractivity contribution in [1.29, 1.82) is 0 Å². The van der Waals surface area contributed by atoms with E-state index in [1.165, 1.54) is 25.7 Å². The van der Waals surface area contributed by atoms with E-state index in [2.05, 4.69) is 20.8 Å². The fourth-order valence-electron chi connectivity index (χ4n) is 2.77. The van der Waals surface area contributed by atoms with Gasteiger partial charge in [0.25, 0.3) is 0 Å². The van der Waals surface area contributed by atoms with Crippen molar-refractivity contribution in [2.45, 2.75) is 92.4 Å². The van der Waals surface area contributed by atoms with Gasteiger partial charge in [-0.15, -0.1) is 0 Å². The van der Waals surface area contributed by atoms with Crippen LogP contribution in [-0.2, 0) is 14.3 Å². The molecule has 0 aromatic rings. The van der Waals surface area contributed by atoms with E-state index in [0.29, 0.717) is 37.7 Å². The van der Waals surface area contributed by atoms with Crippen molar-refractivity contribution in [3.05, 3.63) is 0 Å². The molecule has 0 rings (SSSR count). The van der Waals surface area contributed by atoms with Gasteiger partial charge in [-0.25, -0.2) is 0 Å². The minimum absolute atomic E-state index is 0.0598. The normalized spacial score (nSPS) is 12.7. The Hall–Kier alpha value is -0.860. The molecule has 0 aliphatic heterocycles. The molecule has 0 heterocycles. The summed E-state index contributed by atoms with van der Waals surface area (Å²) < 4.78 is 5.45. The zero-order chi connectivity index (χ0) is 17.7. The molecule has 0 amide bonds. The molecule has 23 heavy (non-hydrogen) atoms. The molecule has 0 saturated heterocycles. The van der Waals surface area contributed by atoms with Crippen molar-refractivity contribution >= 4 is 11.8 Å². The first kappa shape index (κ1) is 22.1. The lowest BCUT2D eigenvalue weighted by molar-refractivity contribution is -0.145. The summed E-state index contributed by atoms with van der Waals surface area (Å²) in [7, 11) is 0. The quantitative estimate of drug-likeness (QED) is 0.310. The number of ether oxygens (including phenoxy) is 1. The van der Waals surface area contributed by atoms with Crippen molar-refractivity contribution in [2.75, 3.05) is 6.61 Å². The number of carbonyl (C=O) groups is 2. The fourth-order valence-corrected chi connectivity index (χ4v) is 2.77. The van der Waals surface area contributed by atoms with E-state index < -0.39 is 0 Å². The van der Waals surface area contributed by atoms with Gasteiger partial charge in [-0.3, -0.25) is 9.59 Å². The molecule has 0 spiro atoms. The number of carbonyl (C=O) groups excluding carboxylic acids is 2. The monoisotopic (exact) mass is 326 g/mol. The van der Waals surface area contributed by atoms with E-state index in [1.54, 1.807) is 0 Å².